The molecular weight excluding hydrogens is 388 g/mol. The molecule has 5 rings (SSSR count). The minimum atomic E-state index is 0.716. The maximum atomic E-state index is 5.41. The van der Waals surface area contributed by atoms with Gasteiger partial charge in [-0.1, -0.05) is 18.2 Å². The van der Waals surface area contributed by atoms with E-state index in [0.29, 0.717) is 6.54 Å². The Kier molecular flexibility index (Phi) is 5.00. The van der Waals surface area contributed by atoms with Gasteiger partial charge >= 0.3 is 0 Å². The van der Waals surface area contributed by atoms with E-state index < -0.39 is 0 Å². The molecule has 0 amide bonds. The molecule has 2 N–H and O–H groups in total. The number of anilines is 1. The summed E-state index contributed by atoms with van der Waals surface area (Å²) < 4.78 is 7.24. The first-order valence-corrected chi connectivity index (χ1v) is 10.3. The molecule has 0 bridgehead atoms. The maximum Gasteiger partial charge on any atom is 0.179 e. The minimum absolute atomic E-state index is 0.716. The van der Waals surface area contributed by atoms with Crippen molar-refractivity contribution in [3.8, 4) is 11.1 Å². The highest BCUT2D eigenvalue weighted by atomic mass is 16.3. The Balaban J connectivity index is 1.30. The predicted molar refractivity (Wildman–Crippen MR) is 121 cm³/mol. The second kappa shape index (κ2) is 8.10. The van der Waals surface area contributed by atoms with Crippen LogP contribution >= 0.6 is 0 Å². The first kappa shape index (κ1) is 19.1. The van der Waals surface area contributed by atoms with Crippen LogP contribution in [0.15, 0.2) is 65.7 Å². The van der Waals surface area contributed by atoms with Crippen LogP contribution in [0.1, 0.15) is 22.7 Å². The number of nitrogens with one attached hydrogen (secondary N) is 2. The number of H-pyrrole nitrogens is 1. The molecule has 1 aromatic carbocycles. The fourth-order valence-corrected chi connectivity index (χ4v) is 3.84. The topological polar surface area (TPSA) is 84.6 Å². The zero-order valence-corrected chi connectivity index (χ0v) is 17.6. The first-order valence-electron chi connectivity index (χ1n) is 10.3. The van der Waals surface area contributed by atoms with Crippen LogP contribution in [0.25, 0.3) is 22.3 Å². The van der Waals surface area contributed by atoms with E-state index in [1.165, 1.54) is 16.7 Å². The number of aryl methyl sites for hydroxylation is 4. The summed E-state index contributed by atoms with van der Waals surface area (Å²) in [6.07, 6.45) is 9.00. The molecule has 156 valence electrons. The number of nitrogens with zero attached hydrogens (tertiary/aromatic N) is 4. The summed E-state index contributed by atoms with van der Waals surface area (Å²) in [5.41, 5.74) is 7.44. The first-order chi connectivity index (χ1) is 15.2. The number of hydrogen-bond acceptors (Lipinski definition) is 5. The number of benzene rings is 1. The van der Waals surface area contributed by atoms with Gasteiger partial charge in [-0.15, -0.1) is 0 Å². The fourth-order valence-electron chi connectivity index (χ4n) is 3.84. The van der Waals surface area contributed by atoms with Crippen LogP contribution < -0.4 is 5.32 Å². The molecule has 0 saturated carbocycles. The number of hydrogen-bond donors (Lipinski definition) is 2. The zero-order valence-electron chi connectivity index (χ0n) is 17.6. The number of rotatable bonds is 7. The lowest BCUT2D eigenvalue weighted by atomic mass is 10.0. The number of aromatic amines is 1. The monoisotopic (exact) mass is 412 g/mol. The van der Waals surface area contributed by atoms with Crippen LogP contribution in [0.5, 0.6) is 0 Å². The third-order valence-electron chi connectivity index (χ3n) is 5.42. The van der Waals surface area contributed by atoms with Crippen molar-refractivity contribution in [1.29, 1.82) is 0 Å². The van der Waals surface area contributed by atoms with E-state index >= 15 is 0 Å². The molecule has 0 aliphatic heterocycles. The van der Waals surface area contributed by atoms with E-state index in [-0.39, 0.29) is 0 Å². The summed E-state index contributed by atoms with van der Waals surface area (Å²) in [5, 5.41) is 7.81. The molecule has 0 spiro atoms. The van der Waals surface area contributed by atoms with E-state index in [9.17, 15) is 0 Å². The van der Waals surface area contributed by atoms with Gasteiger partial charge in [0.15, 0.2) is 5.65 Å². The van der Waals surface area contributed by atoms with Gasteiger partial charge < -0.3 is 14.7 Å². The molecule has 7 nitrogen and oxygen atoms in total. The molecule has 7 heteroatoms. The second-order valence-corrected chi connectivity index (χ2v) is 7.73. The van der Waals surface area contributed by atoms with Crippen molar-refractivity contribution in [2.24, 2.45) is 7.05 Å². The Morgan fingerprint density at radius 1 is 1.16 bits per heavy atom. The molecule has 0 unspecified atom stereocenters. The van der Waals surface area contributed by atoms with Crippen LogP contribution in [0.4, 0.5) is 5.69 Å². The van der Waals surface area contributed by atoms with Crippen molar-refractivity contribution in [1.82, 2.24) is 24.7 Å². The van der Waals surface area contributed by atoms with Gasteiger partial charge in [0.1, 0.15) is 17.1 Å². The minimum Gasteiger partial charge on any atom is -0.469 e. The van der Waals surface area contributed by atoms with E-state index in [2.05, 4.69) is 50.5 Å². The van der Waals surface area contributed by atoms with Crippen LogP contribution in [0, 0.1) is 6.92 Å². The third kappa shape index (κ3) is 4.07. The Labute approximate surface area is 180 Å². The van der Waals surface area contributed by atoms with Crippen molar-refractivity contribution in [2.45, 2.75) is 26.3 Å². The highest BCUT2D eigenvalue weighted by Crippen LogP contribution is 2.25. The van der Waals surface area contributed by atoms with Gasteiger partial charge in [-0.3, -0.25) is 4.68 Å². The molecule has 0 aliphatic carbocycles. The number of imidazole rings is 1. The largest absolute Gasteiger partial charge is 0.469 e. The second-order valence-electron chi connectivity index (χ2n) is 7.73. The molecule has 5 aromatic rings. The van der Waals surface area contributed by atoms with Gasteiger partial charge in [0.25, 0.3) is 0 Å². The Morgan fingerprint density at radius 3 is 2.87 bits per heavy atom. The zero-order chi connectivity index (χ0) is 21.2. The standard InChI is InChI=1S/C24H24N6O/c1-16-12-17(5-7-20(16)18-14-27-30(2)15-18)13-26-21-9-10-25-24-23(21)28-22(29-24)8-6-19-4-3-11-31-19/h3-5,7,9-12,14-15H,6,8,13H2,1-2H3,(H2,25,26,28,29). The molecule has 0 aliphatic rings. The molecule has 0 radical (unpaired) electrons. The summed E-state index contributed by atoms with van der Waals surface area (Å²) in [5.74, 6) is 1.86. The number of pyridine rings is 1. The summed E-state index contributed by atoms with van der Waals surface area (Å²) in [6, 6.07) is 12.4. The van der Waals surface area contributed by atoms with E-state index in [0.717, 1.165) is 46.8 Å². The molecule has 4 heterocycles. The van der Waals surface area contributed by atoms with E-state index in [1.807, 2.05) is 42.3 Å². The van der Waals surface area contributed by atoms with E-state index in [1.54, 1.807) is 12.5 Å². The molecule has 0 atom stereocenters. The van der Waals surface area contributed by atoms with Gasteiger partial charge in [-0.25, -0.2) is 9.97 Å². The molecule has 0 saturated heterocycles. The van der Waals surface area contributed by atoms with Gasteiger partial charge in [0, 0.05) is 44.4 Å². The van der Waals surface area contributed by atoms with Crippen molar-refractivity contribution in [3.05, 3.63) is 84.0 Å². The average Bonchev–Trinajstić information content (AvgIpc) is 3.51. The summed E-state index contributed by atoms with van der Waals surface area (Å²) in [4.78, 5) is 12.5. The van der Waals surface area contributed by atoms with Crippen molar-refractivity contribution in [3.63, 3.8) is 0 Å². The normalized spacial score (nSPS) is 11.3. The lowest BCUT2D eigenvalue weighted by molar-refractivity contribution is 0.507. The van der Waals surface area contributed by atoms with Gasteiger partial charge in [0.05, 0.1) is 18.1 Å². The Morgan fingerprint density at radius 2 is 2.10 bits per heavy atom. The quantitative estimate of drug-likeness (QED) is 0.406. The summed E-state index contributed by atoms with van der Waals surface area (Å²) in [6.45, 7) is 2.85. The lowest BCUT2D eigenvalue weighted by Gasteiger charge is -2.10. The lowest BCUT2D eigenvalue weighted by Crippen LogP contribution is -2.01. The predicted octanol–water partition coefficient (Wildman–Crippen LogP) is 4.66. The molecule has 4 aromatic heterocycles. The number of aromatic nitrogens is 5. The van der Waals surface area contributed by atoms with Crippen molar-refractivity contribution in [2.75, 3.05) is 5.32 Å². The van der Waals surface area contributed by atoms with Crippen LogP contribution in [0.3, 0.4) is 0 Å². The third-order valence-corrected chi connectivity index (χ3v) is 5.42. The highest BCUT2D eigenvalue weighted by Gasteiger charge is 2.10. The maximum absolute atomic E-state index is 5.41. The molecule has 31 heavy (non-hydrogen) atoms. The Bertz CT molecular complexity index is 1320. The van der Waals surface area contributed by atoms with Crippen LogP contribution in [-0.4, -0.2) is 24.7 Å². The number of furan rings is 1. The number of fused-ring (bicyclic) bond motifs is 1. The van der Waals surface area contributed by atoms with Gasteiger partial charge in [0.2, 0.25) is 0 Å². The average molecular weight is 412 g/mol. The van der Waals surface area contributed by atoms with Crippen molar-refractivity contribution < 1.29 is 4.42 Å². The summed E-state index contributed by atoms with van der Waals surface area (Å²) in [7, 11) is 1.93. The van der Waals surface area contributed by atoms with Gasteiger partial charge in [-0.05, 0) is 41.8 Å². The highest BCUT2D eigenvalue weighted by molar-refractivity contribution is 5.85. The Hall–Kier alpha value is -3.87. The van der Waals surface area contributed by atoms with E-state index in [4.69, 9.17) is 4.42 Å². The SMILES string of the molecule is Cc1cc(CNc2ccnc3nc(CCc4ccco4)[nH]c23)ccc1-c1cnn(C)c1. The summed E-state index contributed by atoms with van der Waals surface area (Å²) >= 11 is 0. The van der Waals surface area contributed by atoms with Gasteiger partial charge in [-0.2, -0.15) is 5.10 Å². The van der Waals surface area contributed by atoms with Crippen molar-refractivity contribution >= 4 is 16.9 Å². The molecule has 0 fully saturated rings. The van der Waals surface area contributed by atoms with Crippen LogP contribution in [0.2, 0.25) is 0 Å². The molecular formula is C24H24N6O. The van der Waals surface area contributed by atoms with Crippen LogP contribution in [-0.2, 0) is 26.4 Å². The fraction of sp³-hybridized carbons (Fsp3) is 0.208. The smallest absolute Gasteiger partial charge is 0.179 e.